The van der Waals surface area contributed by atoms with Gasteiger partial charge in [0.25, 0.3) is 0 Å². The van der Waals surface area contributed by atoms with Crippen LogP contribution in [0.5, 0.6) is 0 Å². The van der Waals surface area contributed by atoms with Gasteiger partial charge in [0, 0.05) is 11.1 Å². The van der Waals surface area contributed by atoms with E-state index < -0.39 is 0 Å². The van der Waals surface area contributed by atoms with Crippen LogP contribution in [-0.4, -0.2) is 11.9 Å². The van der Waals surface area contributed by atoms with Crippen LogP contribution in [0.1, 0.15) is 25.7 Å². The molecule has 0 saturated carbocycles. The molecule has 1 aromatic carbocycles. The lowest BCUT2D eigenvalue weighted by atomic mass is 9.93. The minimum absolute atomic E-state index is 0.256. The average Bonchev–Trinajstić information content (AvgIpc) is 2.72. The van der Waals surface area contributed by atoms with E-state index in [1.165, 1.54) is 0 Å². The Morgan fingerprint density at radius 3 is 2.53 bits per heavy atom. The first-order valence-electron chi connectivity index (χ1n) is 6.13. The van der Waals surface area contributed by atoms with Crippen LogP contribution in [0, 0.1) is 0 Å². The highest BCUT2D eigenvalue weighted by atomic mass is 35.5. The van der Waals surface area contributed by atoms with Crippen molar-refractivity contribution in [1.29, 1.82) is 0 Å². The van der Waals surface area contributed by atoms with Crippen molar-refractivity contribution in [3.8, 4) is 0 Å². The lowest BCUT2D eigenvalue weighted by Gasteiger charge is -2.09. The number of carbonyl (C=O) groups excluding carboxylic acids is 1. The Bertz CT molecular complexity index is 620. The first-order chi connectivity index (χ1) is 9.15. The summed E-state index contributed by atoms with van der Waals surface area (Å²) in [4.78, 5) is 16.1. The number of hydrogen-bond donors (Lipinski definition) is 0. The summed E-state index contributed by atoms with van der Waals surface area (Å²) in [6, 6.07) is 5.08. The number of nitrogens with zero attached hydrogens (tertiary/aromatic N) is 1. The SMILES string of the molecule is O=C1OC(=Nc2ccc(Cl)c(Cl)c2)C2=C1CCCC2. The van der Waals surface area contributed by atoms with E-state index in [4.69, 9.17) is 27.9 Å². The summed E-state index contributed by atoms with van der Waals surface area (Å²) < 4.78 is 5.24. The van der Waals surface area contributed by atoms with Crippen molar-refractivity contribution in [2.24, 2.45) is 4.99 Å². The van der Waals surface area contributed by atoms with Gasteiger partial charge in [-0.05, 0) is 43.9 Å². The van der Waals surface area contributed by atoms with Gasteiger partial charge >= 0.3 is 5.97 Å². The Morgan fingerprint density at radius 1 is 1.05 bits per heavy atom. The van der Waals surface area contributed by atoms with Crippen molar-refractivity contribution < 1.29 is 9.53 Å². The quantitative estimate of drug-likeness (QED) is 0.718. The summed E-state index contributed by atoms with van der Waals surface area (Å²) >= 11 is 11.8. The van der Waals surface area contributed by atoms with Gasteiger partial charge in [-0.3, -0.25) is 0 Å². The molecule has 2 aliphatic rings. The fraction of sp³-hybridized carbons (Fsp3) is 0.286. The van der Waals surface area contributed by atoms with Crippen molar-refractivity contribution in [3.05, 3.63) is 39.4 Å². The topological polar surface area (TPSA) is 38.7 Å². The van der Waals surface area contributed by atoms with Crippen LogP contribution in [0.4, 0.5) is 5.69 Å². The van der Waals surface area contributed by atoms with E-state index in [0.717, 1.165) is 36.8 Å². The monoisotopic (exact) mass is 295 g/mol. The average molecular weight is 296 g/mol. The number of carbonyl (C=O) groups is 1. The van der Waals surface area contributed by atoms with Crippen molar-refractivity contribution in [1.82, 2.24) is 0 Å². The van der Waals surface area contributed by atoms with Gasteiger partial charge in [-0.1, -0.05) is 23.2 Å². The second-order valence-corrected chi connectivity index (χ2v) is 5.38. The molecule has 0 N–H and O–H groups in total. The summed E-state index contributed by atoms with van der Waals surface area (Å²) in [6.45, 7) is 0. The Balaban J connectivity index is 1.98. The van der Waals surface area contributed by atoms with Gasteiger partial charge < -0.3 is 4.74 Å². The minimum atomic E-state index is -0.256. The minimum Gasteiger partial charge on any atom is -0.404 e. The Hall–Kier alpha value is -1.32. The van der Waals surface area contributed by atoms with E-state index in [0.29, 0.717) is 21.6 Å². The third-order valence-corrected chi connectivity index (χ3v) is 4.03. The molecule has 1 aliphatic carbocycles. The molecule has 3 rings (SSSR count). The predicted octanol–water partition coefficient (Wildman–Crippen LogP) is 4.45. The molecular weight excluding hydrogens is 285 g/mol. The first-order valence-corrected chi connectivity index (χ1v) is 6.89. The fourth-order valence-corrected chi connectivity index (χ4v) is 2.63. The molecule has 0 radical (unpaired) electrons. The third kappa shape index (κ3) is 2.40. The second-order valence-electron chi connectivity index (χ2n) is 4.57. The number of esters is 1. The maximum absolute atomic E-state index is 11.7. The number of cyclic esters (lactones) is 1. The number of benzene rings is 1. The molecule has 3 nitrogen and oxygen atoms in total. The summed E-state index contributed by atoms with van der Waals surface area (Å²) in [6.07, 6.45) is 3.74. The van der Waals surface area contributed by atoms with E-state index in [9.17, 15) is 4.79 Å². The van der Waals surface area contributed by atoms with Gasteiger partial charge in [0.2, 0.25) is 5.90 Å². The highest BCUT2D eigenvalue weighted by Gasteiger charge is 2.32. The zero-order valence-corrected chi connectivity index (χ0v) is 11.6. The summed E-state index contributed by atoms with van der Waals surface area (Å²) in [5.74, 6) is 0.159. The zero-order chi connectivity index (χ0) is 13.4. The van der Waals surface area contributed by atoms with Crippen LogP contribution in [0.2, 0.25) is 10.0 Å². The van der Waals surface area contributed by atoms with E-state index in [1.807, 2.05) is 0 Å². The van der Waals surface area contributed by atoms with Crippen LogP contribution >= 0.6 is 23.2 Å². The van der Waals surface area contributed by atoms with Gasteiger partial charge in [-0.25, -0.2) is 9.79 Å². The Kier molecular flexibility index (Phi) is 3.33. The molecule has 5 heteroatoms. The van der Waals surface area contributed by atoms with Crippen LogP contribution in [0.3, 0.4) is 0 Å². The second kappa shape index (κ2) is 4.99. The smallest absolute Gasteiger partial charge is 0.341 e. The molecule has 1 aliphatic heterocycles. The van der Waals surface area contributed by atoms with Crippen LogP contribution in [0.25, 0.3) is 0 Å². The normalized spacial score (nSPS) is 20.7. The molecule has 1 heterocycles. The molecule has 0 unspecified atom stereocenters. The van der Waals surface area contributed by atoms with Gasteiger partial charge in [0.1, 0.15) is 0 Å². The molecule has 0 bridgehead atoms. The van der Waals surface area contributed by atoms with E-state index in [-0.39, 0.29) is 5.97 Å². The van der Waals surface area contributed by atoms with Gasteiger partial charge in [0.05, 0.1) is 15.7 Å². The van der Waals surface area contributed by atoms with E-state index >= 15 is 0 Å². The zero-order valence-electron chi connectivity index (χ0n) is 10.1. The molecule has 0 fully saturated rings. The molecule has 0 atom stereocenters. The summed E-state index contributed by atoms with van der Waals surface area (Å²) in [5.41, 5.74) is 2.36. The number of aliphatic imine (C=N–C) groups is 1. The van der Waals surface area contributed by atoms with Crippen LogP contribution in [0.15, 0.2) is 34.3 Å². The lowest BCUT2D eigenvalue weighted by molar-refractivity contribution is -0.130. The van der Waals surface area contributed by atoms with Crippen molar-refractivity contribution in [2.75, 3.05) is 0 Å². The Labute approximate surface area is 120 Å². The van der Waals surface area contributed by atoms with Gasteiger partial charge in [-0.2, -0.15) is 0 Å². The van der Waals surface area contributed by atoms with Gasteiger partial charge in [0.15, 0.2) is 0 Å². The highest BCUT2D eigenvalue weighted by Crippen LogP contribution is 2.34. The summed E-state index contributed by atoms with van der Waals surface area (Å²) in [7, 11) is 0. The number of halogens is 2. The first kappa shape index (κ1) is 12.7. The standard InChI is InChI=1S/C14H11Cl2NO2/c15-11-6-5-8(7-12(11)16)17-13-9-3-1-2-4-10(9)14(18)19-13/h5-7H,1-4H2. The molecule has 0 amide bonds. The number of ether oxygens (including phenoxy) is 1. The van der Waals surface area contributed by atoms with Gasteiger partial charge in [-0.15, -0.1) is 0 Å². The van der Waals surface area contributed by atoms with Crippen LogP contribution in [-0.2, 0) is 9.53 Å². The summed E-state index contributed by atoms with van der Waals surface area (Å²) in [5, 5.41) is 0.914. The Morgan fingerprint density at radius 2 is 1.79 bits per heavy atom. The molecular formula is C14H11Cl2NO2. The van der Waals surface area contributed by atoms with Crippen molar-refractivity contribution in [3.63, 3.8) is 0 Å². The third-order valence-electron chi connectivity index (χ3n) is 3.30. The number of rotatable bonds is 1. The number of hydrogen-bond acceptors (Lipinski definition) is 3. The predicted molar refractivity (Wildman–Crippen MR) is 75.1 cm³/mol. The fourth-order valence-electron chi connectivity index (χ4n) is 2.34. The molecule has 98 valence electrons. The molecule has 0 aromatic heterocycles. The maximum Gasteiger partial charge on any atom is 0.341 e. The molecule has 0 saturated heterocycles. The molecule has 1 aromatic rings. The largest absolute Gasteiger partial charge is 0.404 e. The highest BCUT2D eigenvalue weighted by molar-refractivity contribution is 6.42. The van der Waals surface area contributed by atoms with Crippen LogP contribution < -0.4 is 0 Å². The maximum atomic E-state index is 11.7. The lowest BCUT2D eigenvalue weighted by Crippen LogP contribution is -2.02. The van der Waals surface area contributed by atoms with Crippen molar-refractivity contribution >= 4 is 40.8 Å². The van der Waals surface area contributed by atoms with Crippen molar-refractivity contribution in [2.45, 2.75) is 25.7 Å². The molecule has 0 spiro atoms. The van der Waals surface area contributed by atoms with E-state index in [2.05, 4.69) is 4.99 Å². The molecule has 19 heavy (non-hydrogen) atoms. The van der Waals surface area contributed by atoms with E-state index in [1.54, 1.807) is 18.2 Å².